The summed E-state index contributed by atoms with van der Waals surface area (Å²) in [5.74, 6) is -0.658. The Bertz CT molecular complexity index is 1100. The van der Waals surface area contributed by atoms with Crippen LogP contribution in [0.4, 0.5) is 0 Å². The van der Waals surface area contributed by atoms with Crippen LogP contribution in [0.2, 0.25) is 0 Å². The van der Waals surface area contributed by atoms with Crippen LogP contribution in [0.1, 0.15) is 51.6 Å². The zero-order chi connectivity index (χ0) is 25.3. The van der Waals surface area contributed by atoms with E-state index in [9.17, 15) is 23.1 Å². The molecule has 1 aliphatic heterocycles. The van der Waals surface area contributed by atoms with Gasteiger partial charge in [-0.25, -0.2) is 0 Å². The summed E-state index contributed by atoms with van der Waals surface area (Å²) in [6.07, 6.45) is 2.38. The summed E-state index contributed by atoms with van der Waals surface area (Å²) >= 11 is 0. The molecule has 1 aliphatic carbocycles. The molecule has 2 atom stereocenters. The fourth-order valence-electron chi connectivity index (χ4n) is 3.40. The van der Waals surface area contributed by atoms with Gasteiger partial charge in [0, 0.05) is 35.8 Å². The van der Waals surface area contributed by atoms with Crippen molar-refractivity contribution in [1.82, 2.24) is 5.32 Å². The molecule has 0 spiro atoms. The first-order valence-corrected chi connectivity index (χ1v) is 12.1. The number of ether oxygens (including phenoxy) is 1. The molecular formula is C23H30N2O8S. The number of rotatable bonds is 4. The molecule has 11 heteroatoms. The van der Waals surface area contributed by atoms with Crippen LogP contribution in [0.3, 0.4) is 0 Å². The molecule has 2 unspecified atom stereocenters. The zero-order valence-electron chi connectivity index (χ0n) is 19.1. The maximum Gasteiger partial charge on any atom is 0.397 e. The van der Waals surface area contributed by atoms with Gasteiger partial charge in [-0.15, -0.1) is 0 Å². The van der Waals surface area contributed by atoms with Gasteiger partial charge in [0.2, 0.25) is 0 Å². The monoisotopic (exact) mass is 494 g/mol. The van der Waals surface area contributed by atoms with Crippen molar-refractivity contribution in [3.05, 3.63) is 64.7 Å². The topological polar surface area (TPSA) is 165 Å². The lowest BCUT2D eigenvalue weighted by atomic mass is 9.84. The smallest absolute Gasteiger partial charge is 0.397 e. The van der Waals surface area contributed by atoms with E-state index in [-0.39, 0.29) is 28.4 Å². The van der Waals surface area contributed by atoms with E-state index in [1.54, 1.807) is 36.4 Å². The molecule has 5 N–H and O–H groups in total. The van der Waals surface area contributed by atoms with Crippen molar-refractivity contribution in [3.8, 4) is 5.75 Å². The number of nitrogens with two attached hydrogens (primary N) is 1. The summed E-state index contributed by atoms with van der Waals surface area (Å²) in [5.41, 5.74) is 6.93. The molecule has 0 aromatic heterocycles. The van der Waals surface area contributed by atoms with E-state index >= 15 is 0 Å². The SMILES string of the molecule is CCC(N)CC1CNCCO1.COS(=O)(=O)O.O=C1c2ccccc2C(=O)c2c(O)cccc21. The molecule has 4 rings (SSSR count). The number of fused-ring (bicyclic) bond motifs is 2. The van der Waals surface area contributed by atoms with E-state index in [0.717, 1.165) is 39.6 Å². The van der Waals surface area contributed by atoms with Crippen molar-refractivity contribution in [3.63, 3.8) is 0 Å². The van der Waals surface area contributed by atoms with Gasteiger partial charge in [-0.3, -0.25) is 18.3 Å². The Balaban J connectivity index is 0.000000207. The average Bonchev–Trinajstić information content (AvgIpc) is 2.83. The summed E-state index contributed by atoms with van der Waals surface area (Å²) in [6.45, 7) is 4.90. The minimum atomic E-state index is -4.16. The number of phenols is 1. The molecular weight excluding hydrogens is 464 g/mol. The van der Waals surface area contributed by atoms with Gasteiger partial charge in [0.25, 0.3) is 0 Å². The van der Waals surface area contributed by atoms with Gasteiger partial charge < -0.3 is 20.9 Å². The van der Waals surface area contributed by atoms with Gasteiger partial charge in [0.15, 0.2) is 11.6 Å². The third-order valence-corrected chi connectivity index (χ3v) is 5.66. The number of benzene rings is 2. The van der Waals surface area contributed by atoms with Gasteiger partial charge in [-0.2, -0.15) is 8.42 Å². The summed E-state index contributed by atoms with van der Waals surface area (Å²) in [7, 11) is -3.29. The lowest BCUT2D eigenvalue weighted by Gasteiger charge is -2.25. The van der Waals surface area contributed by atoms with Crippen LogP contribution in [0.5, 0.6) is 5.75 Å². The molecule has 0 radical (unpaired) electrons. The molecule has 0 amide bonds. The molecule has 10 nitrogen and oxygen atoms in total. The first kappa shape index (κ1) is 27.6. The van der Waals surface area contributed by atoms with Crippen LogP contribution < -0.4 is 11.1 Å². The van der Waals surface area contributed by atoms with E-state index in [0.29, 0.717) is 23.3 Å². The molecule has 0 bridgehead atoms. The van der Waals surface area contributed by atoms with Crippen molar-refractivity contribution in [2.24, 2.45) is 5.73 Å². The van der Waals surface area contributed by atoms with Crippen LogP contribution in [0.25, 0.3) is 0 Å². The second-order valence-corrected chi connectivity index (χ2v) is 8.79. The average molecular weight is 495 g/mol. The third kappa shape index (κ3) is 7.69. The molecule has 1 saturated heterocycles. The van der Waals surface area contributed by atoms with Crippen molar-refractivity contribution >= 4 is 22.0 Å². The Kier molecular flexibility index (Phi) is 10.3. The quantitative estimate of drug-likeness (QED) is 0.392. The number of phenolic OH excluding ortho intramolecular Hbond substituents is 1. The number of carbonyl (C=O) groups is 2. The van der Waals surface area contributed by atoms with E-state index in [4.69, 9.17) is 15.0 Å². The van der Waals surface area contributed by atoms with Gasteiger partial charge in [0.1, 0.15) is 5.75 Å². The van der Waals surface area contributed by atoms with Gasteiger partial charge in [-0.05, 0) is 18.9 Å². The maximum absolute atomic E-state index is 12.2. The fourth-order valence-corrected chi connectivity index (χ4v) is 3.40. The van der Waals surface area contributed by atoms with Crippen LogP contribution in [-0.2, 0) is 19.3 Å². The lowest BCUT2D eigenvalue weighted by Crippen LogP contribution is -2.41. The molecule has 2 aromatic carbocycles. The Morgan fingerprint density at radius 1 is 1.12 bits per heavy atom. The summed E-state index contributed by atoms with van der Waals surface area (Å²) < 4.78 is 35.2. The van der Waals surface area contributed by atoms with E-state index in [1.807, 2.05) is 0 Å². The van der Waals surface area contributed by atoms with Crippen LogP contribution in [0, 0.1) is 0 Å². The number of hydrogen-bond acceptors (Lipinski definition) is 9. The Hall–Kier alpha value is -2.67. The minimum absolute atomic E-state index is 0.108. The highest BCUT2D eigenvalue weighted by Gasteiger charge is 2.31. The highest BCUT2D eigenvalue weighted by molar-refractivity contribution is 7.80. The van der Waals surface area contributed by atoms with E-state index in [2.05, 4.69) is 16.4 Å². The highest BCUT2D eigenvalue weighted by atomic mass is 32.3. The number of aromatic hydroxyl groups is 1. The van der Waals surface area contributed by atoms with Gasteiger partial charge in [-0.1, -0.05) is 43.3 Å². The number of ketones is 2. The molecule has 1 heterocycles. The van der Waals surface area contributed by atoms with Gasteiger partial charge in [0.05, 0.1) is 25.4 Å². The predicted molar refractivity (Wildman–Crippen MR) is 125 cm³/mol. The van der Waals surface area contributed by atoms with Crippen LogP contribution in [-0.4, -0.2) is 68.6 Å². The molecule has 1 fully saturated rings. The van der Waals surface area contributed by atoms with E-state index < -0.39 is 10.4 Å². The Labute approximate surface area is 199 Å². The largest absolute Gasteiger partial charge is 0.507 e. The van der Waals surface area contributed by atoms with Crippen molar-refractivity contribution < 1.29 is 36.6 Å². The number of morpholine rings is 1. The normalized spacial score (nSPS) is 17.8. The van der Waals surface area contributed by atoms with Crippen molar-refractivity contribution in [2.45, 2.75) is 31.9 Å². The minimum Gasteiger partial charge on any atom is -0.507 e. The summed E-state index contributed by atoms with van der Waals surface area (Å²) in [5, 5.41) is 13.0. The molecule has 2 aliphatic rings. The third-order valence-electron chi connectivity index (χ3n) is 5.24. The Morgan fingerprint density at radius 2 is 1.71 bits per heavy atom. The molecule has 34 heavy (non-hydrogen) atoms. The first-order valence-electron chi connectivity index (χ1n) is 10.7. The zero-order valence-corrected chi connectivity index (χ0v) is 19.9. The number of nitrogens with one attached hydrogen (secondary N) is 1. The lowest BCUT2D eigenvalue weighted by molar-refractivity contribution is 0.0194. The second kappa shape index (κ2) is 12.7. The molecule has 0 saturated carbocycles. The summed E-state index contributed by atoms with van der Waals surface area (Å²) in [6, 6.07) is 11.5. The van der Waals surface area contributed by atoms with Crippen molar-refractivity contribution in [1.29, 1.82) is 0 Å². The van der Waals surface area contributed by atoms with Crippen LogP contribution >= 0.6 is 0 Å². The van der Waals surface area contributed by atoms with Crippen LogP contribution in [0.15, 0.2) is 42.5 Å². The standard InChI is InChI=1S/C14H8O3.C8H18N2O.CH4O4S/c15-11-7-3-6-10-12(11)14(17)9-5-2-1-4-8(9)13(10)16;1-2-7(9)5-8-6-10-3-4-11-8;1-5-6(2,3)4/h1-7,15H;7-8,10H,2-6,9H2,1H3;1H3,(H,2,3,4). The van der Waals surface area contributed by atoms with E-state index in [1.165, 1.54) is 6.07 Å². The molecule has 2 aromatic rings. The highest BCUT2D eigenvalue weighted by Crippen LogP contribution is 2.32. The fraction of sp³-hybridized carbons (Fsp3) is 0.391. The van der Waals surface area contributed by atoms with Crippen molar-refractivity contribution in [2.75, 3.05) is 26.8 Å². The summed E-state index contributed by atoms with van der Waals surface area (Å²) in [4.78, 5) is 24.3. The van der Waals surface area contributed by atoms with Gasteiger partial charge >= 0.3 is 10.4 Å². The predicted octanol–water partition coefficient (Wildman–Crippen LogP) is 1.71. The second-order valence-electron chi connectivity index (χ2n) is 7.60. The number of hydrogen-bond donors (Lipinski definition) is 4. The first-order chi connectivity index (χ1) is 16.1. The Morgan fingerprint density at radius 3 is 2.24 bits per heavy atom. The number of carbonyl (C=O) groups excluding carboxylic acids is 2. The maximum atomic E-state index is 12.2. The molecule has 186 valence electrons.